The van der Waals surface area contributed by atoms with Gasteiger partial charge in [0, 0.05) is 19.0 Å². The molecule has 0 radical (unpaired) electrons. The number of nitrogen functional groups attached to an aromatic ring is 1. The second-order valence-electron chi connectivity index (χ2n) is 6.60. The molecule has 0 spiro atoms. The molecule has 0 aliphatic carbocycles. The molecular weight excluding hydrogens is 302 g/mol. The molecule has 0 atom stereocenters. The van der Waals surface area contributed by atoms with E-state index in [2.05, 4.69) is 44.0 Å². The predicted octanol–water partition coefficient (Wildman–Crippen LogP) is 2.74. The quantitative estimate of drug-likeness (QED) is 0.722. The van der Waals surface area contributed by atoms with Crippen molar-refractivity contribution in [2.45, 2.75) is 51.9 Å². The second kappa shape index (κ2) is 7.79. The van der Waals surface area contributed by atoms with E-state index in [-0.39, 0.29) is 0 Å². The molecule has 1 fully saturated rings. The fraction of sp³-hybridized carbons (Fsp3) is 0.706. The SMILES string of the molecule is CCC(CC)c1nc2nc(NCCN3CCCCC3)nc(N)c2[nH]1. The highest BCUT2D eigenvalue weighted by Gasteiger charge is 2.16. The summed E-state index contributed by atoms with van der Waals surface area (Å²) >= 11 is 0. The highest BCUT2D eigenvalue weighted by atomic mass is 15.2. The number of nitrogens with zero attached hydrogens (tertiary/aromatic N) is 4. The molecule has 1 saturated heterocycles. The van der Waals surface area contributed by atoms with Gasteiger partial charge in [-0.1, -0.05) is 20.3 Å². The normalized spacial score (nSPS) is 16.1. The molecule has 0 aromatic carbocycles. The highest BCUT2D eigenvalue weighted by molar-refractivity contribution is 5.82. The molecule has 1 aliphatic heterocycles. The number of H-pyrrole nitrogens is 1. The minimum Gasteiger partial charge on any atom is -0.382 e. The van der Waals surface area contributed by atoms with E-state index in [1.54, 1.807) is 0 Å². The van der Waals surface area contributed by atoms with Gasteiger partial charge in [0.1, 0.15) is 11.3 Å². The maximum absolute atomic E-state index is 6.10. The Balaban J connectivity index is 1.67. The largest absolute Gasteiger partial charge is 0.382 e. The van der Waals surface area contributed by atoms with Crippen molar-refractivity contribution in [2.24, 2.45) is 0 Å². The van der Waals surface area contributed by atoms with Gasteiger partial charge in [-0.05, 0) is 38.8 Å². The predicted molar refractivity (Wildman–Crippen MR) is 98.2 cm³/mol. The van der Waals surface area contributed by atoms with E-state index in [0.717, 1.165) is 37.3 Å². The van der Waals surface area contributed by atoms with E-state index in [1.165, 1.54) is 32.4 Å². The van der Waals surface area contributed by atoms with E-state index >= 15 is 0 Å². The maximum Gasteiger partial charge on any atom is 0.226 e. The molecular formula is C17H29N7. The monoisotopic (exact) mass is 331 g/mol. The summed E-state index contributed by atoms with van der Waals surface area (Å²) in [6.07, 6.45) is 6.07. The number of aromatic amines is 1. The van der Waals surface area contributed by atoms with Gasteiger partial charge in [0.15, 0.2) is 11.5 Å². The smallest absolute Gasteiger partial charge is 0.226 e. The number of hydrogen-bond donors (Lipinski definition) is 3. The molecule has 24 heavy (non-hydrogen) atoms. The zero-order valence-electron chi connectivity index (χ0n) is 14.8. The first-order valence-corrected chi connectivity index (χ1v) is 9.20. The summed E-state index contributed by atoms with van der Waals surface area (Å²) in [6.45, 7) is 8.58. The van der Waals surface area contributed by atoms with E-state index in [0.29, 0.717) is 23.3 Å². The third-order valence-electron chi connectivity index (χ3n) is 4.93. The van der Waals surface area contributed by atoms with Gasteiger partial charge in [-0.15, -0.1) is 0 Å². The van der Waals surface area contributed by atoms with Crippen molar-refractivity contribution in [1.29, 1.82) is 0 Å². The van der Waals surface area contributed by atoms with Gasteiger partial charge >= 0.3 is 0 Å². The molecule has 1 aliphatic rings. The van der Waals surface area contributed by atoms with Crippen molar-refractivity contribution >= 4 is 22.9 Å². The lowest BCUT2D eigenvalue weighted by Crippen LogP contribution is -2.33. The van der Waals surface area contributed by atoms with Gasteiger partial charge in [0.05, 0.1) is 0 Å². The molecule has 132 valence electrons. The first kappa shape index (κ1) is 17.0. The number of fused-ring (bicyclic) bond motifs is 1. The minimum absolute atomic E-state index is 0.411. The van der Waals surface area contributed by atoms with E-state index < -0.39 is 0 Å². The van der Waals surface area contributed by atoms with Crippen LogP contribution in [0.5, 0.6) is 0 Å². The lowest BCUT2D eigenvalue weighted by molar-refractivity contribution is 0.237. The van der Waals surface area contributed by atoms with Crippen LogP contribution in [0.25, 0.3) is 11.2 Å². The van der Waals surface area contributed by atoms with E-state index in [4.69, 9.17) is 5.73 Å². The molecule has 7 heteroatoms. The molecule has 3 heterocycles. The van der Waals surface area contributed by atoms with Gasteiger partial charge in [-0.2, -0.15) is 9.97 Å². The summed E-state index contributed by atoms with van der Waals surface area (Å²) < 4.78 is 0. The molecule has 7 nitrogen and oxygen atoms in total. The Morgan fingerprint density at radius 1 is 1.12 bits per heavy atom. The second-order valence-corrected chi connectivity index (χ2v) is 6.60. The first-order chi connectivity index (χ1) is 11.7. The zero-order chi connectivity index (χ0) is 16.9. The Morgan fingerprint density at radius 2 is 1.88 bits per heavy atom. The summed E-state index contributed by atoms with van der Waals surface area (Å²) in [7, 11) is 0. The Morgan fingerprint density at radius 3 is 2.58 bits per heavy atom. The number of nitrogens with one attached hydrogen (secondary N) is 2. The average molecular weight is 331 g/mol. The Bertz CT molecular complexity index is 656. The number of piperidine rings is 1. The number of rotatable bonds is 7. The average Bonchev–Trinajstić information content (AvgIpc) is 3.01. The fourth-order valence-electron chi connectivity index (χ4n) is 3.39. The van der Waals surface area contributed by atoms with Crippen LogP contribution in [0.3, 0.4) is 0 Å². The van der Waals surface area contributed by atoms with Crippen LogP contribution in [-0.2, 0) is 0 Å². The van der Waals surface area contributed by atoms with Crippen LogP contribution in [0.15, 0.2) is 0 Å². The van der Waals surface area contributed by atoms with Crippen LogP contribution >= 0.6 is 0 Å². The van der Waals surface area contributed by atoms with Crippen molar-refractivity contribution in [2.75, 3.05) is 37.2 Å². The van der Waals surface area contributed by atoms with E-state index in [9.17, 15) is 0 Å². The van der Waals surface area contributed by atoms with Crippen molar-refractivity contribution < 1.29 is 0 Å². The van der Waals surface area contributed by atoms with Gasteiger partial charge in [0.25, 0.3) is 0 Å². The van der Waals surface area contributed by atoms with Crippen molar-refractivity contribution in [3.8, 4) is 0 Å². The van der Waals surface area contributed by atoms with Gasteiger partial charge < -0.3 is 20.9 Å². The lowest BCUT2D eigenvalue weighted by Gasteiger charge is -2.26. The topological polar surface area (TPSA) is 95.8 Å². The number of anilines is 2. The van der Waals surface area contributed by atoms with Gasteiger partial charge in [-0.25, -0.2) is 4.98 Å². The Hall–Kier alpha value is -1.89. The van der Waals surface area contributed by atoms with Crippen LogP contribution in [-0.4, -0.2) is 51.0 Å². The summed E-state index contributed by atoms with van der Waals surface area (Å²) in [4.78, 5) is 19.3. The van der Waals surface area contributed by atoms with Crippen molar-refractivity contribution in [1.82, 2.24) is 24.8 Å². The summed E-state index contributed by atoms with van der Waals surface area (Å²) in [5.74, 6) is 2.40. The number of aromatic nitrogens is 4. The first-order valence-electron chi connectivity index (χ1n) is 9.20. The third kappa shape index (κ3) is 3.77. The lowest BCUT2D eigenvalue weighted by atomic mass is 10.0. The summed E-state index contributed by atoms with van der Waals surface area (Å²) in [6, 6.07) is 0. The fourth-order valence-corrected chi connectivity index (χ4v) is 3.39. The molecule has 0 bridgehead atoms. The standard InChI is InChI=1S/C17H29N7/c1-3-12(4-2)15-20-13-14(18)21-17(23-16(13)22-15)19-8-11-24-9-6-5-7-10-24/h12H,3-11H2,1-2H3,(H4,18,19,20,21,22,23). The molecule has 2 aromatic heterocycles. The molecule has 4 N–H and O–H groups in total. The van der Waals surface area contributed by atoms with Crippen LogP contribution in [0, 0.1) is 0 Å². The van der Waals surface area contributed by atoms with Crippen LogP contribution in [0.2, 0.25) is 0 Å². The Kier molecular flexibility index (Phi) is 5.50. The highest BCUT2D eigenvalue weighted by Crippen LogP contribution is 2.24. The molecule has 0 amide bonds. The van der Waals surface area contributed by atoms with Crippen molar-refractivity contribution in [3.63, 3.8) is 0 Å². The number of nitrogens with two attached hydrogens (primary N) is 1. The van der Waals surface area contributed by atoms with Crippen molar-refractivity contribution in [3.05, 3.63) is 5.82 Å². The number of likely N-dealkylation sites (tertiary alicyclic amines) is 1. The molecule has 3 rings (SSSR count). The van der Waals surface area contributed by atoms with Crippen LogP contribution in [0.1, 0.15) is 57.7 Å². The van der Waals surface area contributed by atoms with Gasteiger partial charge in [-0.3, -0.25) is 0 Å². The maximum atomic E-state index is 6.10. The van der Waals surface area contributed by atoms with E-state index in [1.807, 2.05) is 0 Å². The zero-order valence-corrected chi connectivity index (χ0v) is 14.8. The number of imidazole rings is 1. The van der Waals surface area contributed by atoms with Crippen LogP contribution in [0.4, 0.5) is 11.8 Å². The van der Waals surface area contributed by atoms with Gasteiger partial charge in [0.2, 0.25) is 5.95 Å². The summed E-state index contributed by atoms with van der Waals surface area (Å²) in [5.41, 5.74) is 7.50. The summed E-state index contributed by atoms with van der Waals surface area (Å²) in [5, 5.41) is 3.29. The molecule has 2 aromatic rings. The van der Waals surface area contributed by atoms with Crippen LogP contribution < -0.4 is 11.1 Å². The third-order valence-corrected chi connectivity index (χ3v) is 4.93. The minimum atomic E-state index is 0.411. The molecule has 0 unspecified atom stereocenters. The number of hydrogen-bond acceptors (Lipinski definition) is 6. The Labute approximate surface area is 143 Å². The molecule has 0 saturated carbocycles.